The van der Waals surface area contributed by atoms with Crippen LogP contribution in [0, 0.1) is 0 Å². The molecule has 0 atom stereocenters. The van der Waals surface area contributed by atoms with Crippen LogP contribution >= 0.6 is 27.3 Å². The summed E-state index contributed by atoms with van der Waals surface area (Å²) in [5, 5.41) is 3.73. The standard InChI is InChI=1S/C13H14BrN3OS/c1-2-9-6-16-12(19-9)7-17-13(18)10-4-3-8(14)5-11(10)15/h3-6H,2,7,15H2,1H3,(H,17,18). The molecule has 1 aromatic heterocycles. The van der Waals surface area contributed by atoms with Gasteiger partial charge in [-0.2, -0.15) is 0 Å². The lowest BCUT2D eigenvalue weighted by Crippen LogP contribution is -2.23. The van der Waals surface area contributed by atoms with E-state index in [4.69, 9.17) is 5.73 Å². The molecule has 4 nitrogen and oxygen atoms in total. The summed E-state index contributed by atoms with van der Waals surface area (Å²) in [6.07, 6.45) is 2.81. The van der Waals surface area contributed by atoms with Gasteiger partial charge in [-0.3, -0.25) is 4.79 Å². The summed E-state index contributed by atoms with van der Waals surface area (Å²) in [4.78, 5) is 17.5. The zero-order valence-corrected chi connectivity index (χ0v) is 12.8. The lowest BCUT2D eigenvalue weighted by molar-refractivity contribution is 0.0952. The van der Waals surface area contributed by atoms with Crippen molar-refractivity contribution in [3.05, 3.63) is 44.3 Å². The Morgan fingerprint density at radius 2 is 2.32 bits per heavy atom. The maximum absolute atomic E-state index is 12.0. The minimum absolute atomic E-state index is 0.182. The Balaban J connectivity index is 2.01. The van der Waals surface area contributed by atoms with Crippen molar-refractivity contribution in [2.45, 2.75) is 19.9 Å². The molecule has 1 aromatic carbocycles. The molecular weight excluding hydrogens is 326 g/mol. The Hall–Kier alpha value is -1.40. The van der Waals surface area contributed by atoms with E-state index in [9.17, 15) is 4.79 Å². The number of nitrogens with one attached hydrogen (secondary N) is 1. The van der Waals surface area contributed by atoms with Crippen molar-refractivity contribution in [3.8, 4) is 0 Å². The van der Waals surface area contributed by atoms with Crippen LogP contribution in [0.3, 0.4) is 0 Å². The summed E-state index contributed by atoms with van der Waals surface area (Å²) in [5.74, 6) is -0.182. The van der Waals surface area contributed by atoms with Crippen molar-refractivity contribution >= 4 is 38.9 Å². The van der Waals surface area contributed by atoms with E-state index in [1.807, 2.05) is 6.20 Å². The van der Waals surface area contributed by atoms with E-state index >= 15 is 0 Å². The first kappa shape index (κ1) is 14.0. The van der Waals surface area contributed by atoms with Gasteiger partial charge in [-0.15, -0.1) is 11.3 Å². The summed E-state index contributed by atoms with van der Waals surface area (Å²) in [6, 6.07) is 5.21. The van der Waals surface area contributed by atoms with E-state index in [2.05, 4.69) is 33.2 Å². The Bertz CT molecular complexity index is 597. The van der Waals surface area contributed by atoms with Gasteiger partial charge in [-0.1, -0.05) is 22.9 Å². The smallest absolute Gasteiger partial charge is 0.253 e. The average molecular weight is 340 g/mol. The van der Waals surface area contributed by atoms with Crippen LogP contribution in [0.1, 0.15) is 27.2 Å². The Kier molecular flexibility index (Phi) is 4.55. The average Bonchev–Trinajstić information content (AvgIpc) is 2.84. The van der Waals surface area contributed by atoms with Crippen molar-refractivity contribution in [2.75, 3.05) is 5.73 Å². The zero-order chi connectivity index (χ0) is 13.8. The van der Waals surface area contributed by atoms with Crippen LogP contribution in [0.5, 0.6) is 0 Å². The third kappa shape index (κ3) is 3.54. The number of amides is 1. The van der Waals surface area contributed by atoms with Gasteiger partial charge in [-0.25, -0.2) is 4.98 Å². The third-order valence-electron chi connectivity index (χ3n) is 2.61. The van der Waals surface area contributed by atoms with Crippen LogP contribution in [0.15, 0.2) is 28.9 Å². The summed E-state index contributed by atoms with van der Waals surface area (Å²) in [7, 11) is 0. The number of benzene rings is 1. The number of carbonyl (C=O) groups is 1. The number of rotatable bonds is 4. The first-order valence-electron chi connectivity index (χ1n) is 5.87. The number of nitrogen functional groups attached to an aromatic ring is 1. The molecule has 1 amide bonds. The summed E-state index contributed by atoms with van der Waals surface area (Å²) in [6.45, 7) is 2.51. The molecule has 0 saturated heterocycles. The molecule has 0 saturated carbocycles. The summed E-state index contributed by atoms with van der Waals surface area (Å²) < 4.78 is 0.856. The Morgan fingerprint density at radius 3 is 2.95 bits per heavy atom. The molecule has 0 aliphatic rings. The highest BCUT2D eigenvalue weighted by Crippen LogP contribution is 2.19. The fourth-order valence-corrected chi connectivity index (χ4v) is 2.77. The van der Waals surface area contributed by atoms with Gasteiger partial charge in [0.05, 0.1) is 12.1 Å². The number of aryl methyl sites for hydroxylation is 1. The molecule has 19 heavy (non-hydrogen) atoms. The molecular formula is C13H14BrN3OS. The number of nitrogens with two attached hydrogens (primary N) is 1. The lowest BCUT2D eigenvalue weighted by atomic mass is 10.1. The minimum atomic E-state index is -0.182. The summed E-state index contributed by atoms with van der Waals surface area (Å²) >= 11 is 4.92. The van der Waals surface area contributed by atoms with Crippen molar-refractivity contribution in [2.24, 2.45) is 0 Å². The maximum Gasteiger partial charge on any atom is 0.253 e. The molecule has 0 aliphatic heterocycles. The first-order valence-corrected chi connectivity index (χ1v) is 7.48. The first-order chi connectivity index (χ1) is 9.10. The molecule has 0 unspecified atom stereocenters. The minimum Gasteiger partial charge on any atom is -0.398 e. The number of carbonyl (C=O) groups excluding carboxylic acids is 1. The lowest BCUT2D eigenvalue weighted by Gasteiger charge is -2.06. The molecule has 0 fully saturated rings. The third-order valence-corrected chi connectivity index (χ3v) is 4.24. The van der Waals surface area contributed by atoms with Gasteiger partial charge in [0.25, 0.3) is 5.91 Å². The van der Waals surface area contributed by atoms with Crippen LogP contribution in [0.25, 0.3) is 0 Å². The van der Waals surface area contributed by atoms with Crippen molar-refractivity contribution in [1.82, 2.24) is 10.3 Å². The van der Waals surface area contributed by atoms with Crippen LogP contribution in [-0.4, -0.2) is 10.9 Å². The second-order valence-corrected chi connectivity index (χ2v) is 6.10. The molecule has 6 heteroatoms. The normalized spacial score (nSPS) is 10.4. The van der Waals surface area contributed by atoms with Crippen molar-refractivity contribution < 1.29 is 4.79 Å². The Morgan fingerprint density at radius 1 is 1.53 bits per heavy atom. The molecule has 3 N–H and O–H groups in total. The fraction of sp³-hybridized carbons (Fsp3) is 0.231. The molecule has 2 aromatic rings. The van der Waals surface area contributed by atoms with Gasteiger partial charge >= 0.3 is 0 Å². The number of aromatic nitrogens is 1. The maximum atomic E-state index is 12.0. The quantitative estimate of drug-likeness (QED) is 0.841. The highest BCUT2D eigenvalue weighted by Gasteiger charge is 2.10. The van der Waals surface area contributed by atoms with Crippen molar-refractivity contribution in [3.63, 3.8) is 0 Å². The van der Waals surface area contributed by atoms with E-state index < -0.39 is 0 Å². The molecule has 0 bridgehead atoms. The van der Waals surface area contributed by atoms with E-state index in [0.29, 0.717) is 17.8 Å². The van der Waals surface area contributed by atoms with Crippen molar-refractivity contribution in [1.29, 1.82) is 0 Å². The summed E-state index contributed by atoms with van der Waals surface area (Å²) in [5.41, 5.74) is 6.75. The highest BCUT2D eigenvalue weighted by atomic mass is 79.9. The number of thiazole rings is 1. The molecule has 0 spiro atoms. The number of anilines is 1. The number of halogens is 1. The van der Waals surface area contributed by atoms with Gasteiger partial charge in [0.15, 0.2) is 0 Å². The Labute approximate surface area is 124 Å². The van der Waals surface area contributed by atoms with E-state index in [-0.39, 0.29) is 5.91 Å². The molecule has 0 aliphatic carbocycles. The predicted octanol–water partition coefficient (Wildman–Crippen LogP) is 2.98. The van der Waals surface area contributed by atoms with Crippen LogP contribution in [-0.2, 0) is 13.0 Å². The zero-order valence-electron chi connectivity index (χ0n) is 10.4. The second-order valence-electron chi connectivity index (χ2n) is 3.99. The van der Waals surface area contributed by atoms with E-state index in [1.165, 1.54) is 4.88 Å². The van der Waals surface area contributed by atoms with Gasteiger partial charge < -0.3 is 11.1 Å². The molecule has 100 valence electrons. The van der Waals surface area contributed by atoms with Gasteiger partial charge in [0.1, 0.15) is 5.01 Å². The molecule has 0 radical (unpaired) electrons. The SMILES string of the molecule is CCc1cnc(CNC(=O)c2ccc(Br)cc2N)s1. The second kappa shape index (κ2) is 6.16. The number of hydrogen-bond donors (Lipinski definition) is 2. The monoisotopic (exact) mass is 339 g/mol. The van der Waals surface area contributed by atoms with Crippen LogP contribution < -0.4 is 11.1 Å². The fourth-order valence-electron chi connectivity index (χ4n) is 1.58. The number of hydrogen-bond acceptors (Lipinski definition) is 4. The predicted molar refractivity (Wildman–Crippen MR) is 81.2 cm³/mol. The van der Waals surface area contributed by atoms with E-state index in [1.54, 1.807) is 29.5 Å². The molecule has 2 rings (SSSR count). The largest absolute Gasteiger partial charge is 0.398 e. The van der Waals surface area contributed by atoms with Gasteiger partial charge in [0, 0.05) is 21.2 Å². The topological polar surface area (TPSA) is 68.0 Å². The highest BCUT2D eigenvalue weighted by molar-refractivity contribution is 9.10. The van der Waals surface area contributed by atoms with Crippen LogP contribution in [0.4, 0.5) is 5.69 Å². The van der Waals surface area contributed by atoms with Gasteiger partial charge in [0.2, 0.25) is 0 Å². The van der Waals surface area contributed by atoms with Crippen LogP contribution in [0.2, 0.25) is 0 Å². The number of nitrogens with zero attached hydrogens (tertiary/aromatic N) is 1. The van der Waals surface area contributed by atoms with E-state index in [0.717, 1.165) is 15.9 Å². The molecule has 1 heterocycles. The van der Waals surface area contributed by atoms with Gasteiger partial charge in [-0.05, 0) is 24.6 Å².